The first-order valence-corrected chi connectivity index (χ1v) is 20.7. The third-order valence-electron chi connectivity index (χ3n) is 11.1. The minimum atomic E-state index is 0.638. The van der Waals surface area contributed by atoms with E-state index < -0.39 is 0 Å². The molecule has 0 saturated heterocycles. The zero-order chi connectivity index (χ0) is 37.5. The van der Waals surface area contributed by atoms with Gasteiger partial charge in [0.2, 0.25) is 0 Å². The van der Waals surface area contributed by atoms with Crippen LogP contribution in [0.15, 0.2) is 182 Å². The largest absolute Gasteiger partial charge is 0.309 e. The Kier molecular flexibility index (Phi) is 7.24. The minimum absolute atomic E-state index is 0.638. The van der Waals surface area contributed by atoms with Gasteiger partial charge in [-0.25, -0.2) is 15.0 Å². The highest BCUT2D eigenvalue weighted by Crippen LogP contribution is 2.43. The van der Waals surface area contributed by atoms with Crippen LogP contribution in [-0.2, 0) is 0 Å². The topological polar surface area (TPSA) is 43.6 Å². The van der Waals surface area contributed by atoms with Crippen molar-refractivity contribution in [2.45, 2.75) is 0 Å². The summed E-state index contributed by atoms with van der Waals surface area (Å²) in [5, 5.41) is 7.45. The first-order chi connectivity index (χ1) is 28.2. The molecule has 12 aromatic rings. The van der Waals surface area contributed by atoms with Crippen molar-refractivity contribution in [3.8, 4) is 51.0 Å². The Bertz CT molecular complexity index is 3530. The lowest BCUT2D eigenvalue weighted by Crippen LogP contribution is -2.00. The molecule has 0 N–H and O–H groups in total. The summed E-state index contributed by atoms with van der Waals surface area (Å²) in [6, 6.07) is 64.8. The molecule has 8 aromatic carbocycles. The molecule has 0 amide bonds. The number of aromatic nitrogens is 4. The molecule has 0 fully saturated rings. The molecule has 6 heteroatoms. The van der Waals surface area contributed by atoms with Gasteiger partial charge in [0, 0.05) is 67.8 Å². The maximum absolute atomic E-state index is 5.25. The van der Waals surface area contributed by atoms with Crippen LogP contribution in [0.1, 0.15) is 0 Å². The quantitative estimate of drug-likeness (QED) is 0.175. The van der Waals surface area contributed by atoms with E-state index in [9.17, 15) is 0 Å². The molecule has 0 bridgehead atoms. The smallest absolute Gasteiger partial charge is 0.164 e. The van der Waals surface area contributed by atoms with E-state index in [1.165, 1.54) is 73.4 Å². The highest BCUT2D eigenvalue weighted by atomic mass is 32.1. The molecular formula is C51H30N4S2. The third kappa shape index (κ3) is 5.15. The van der Waals surface area contributed by atoms with E-state index in [-0.39, 0.29) is 0 Å². The number of fused-ring (bicyclic) bond motifs is 9. The highest BCUT2D eigenvalue weighted by molar-refractivity contribution is 7.26. The molecule has 4 heterocycles. The summed E-state index contributed by atoms with van der Waals surface area (Å²) in [7, 11) is 0. The number of rotatable bonds is 5. The second-order valence-corrected chi connectivity index (χ2v) is 16.5. The van der Waals surface area contributed by atoms with Crippen LogP contribution in [0.4, 0.5) is 0 Å². The fraction of sp³-hybridized carbons (Fsp3) is 0. The van der Waals surface area contributed by atoms with E-state index >= 15 is 0 Å². The molecule has 0 aliphatic rings. The summed E-state index contributed by atoms with van der Waals surface area (Å²) in [4.78, 5) is 15.5. The van der Waals surface area contributed by atoms with Crippen LogP contribution in [0.5, 0.6) is 0 Å². The van der Waals surface area contributed by atoms with Gasteiger partial charge in [-0.15, -0.1) is 22.7 Å². The monoisotopic (exact) mass is 762 g/mol. The van der Waals surface area contributed by atoms with Gasteiger partial charge in [-0.3, -0.25) is 0 Å². The summed E-state index contributed by atoms with van der Waals surface area (Å²) in [6.45, 7) is 0. The van der Waals surface area contributed by atoms with Gasteiger partial charge in [-0.2, -0.15) is 0 Å². The van der Waals surface area contributed by atoms with Gasteiger partial charge in [0.1, 0.15) is 0 Å². The third-order valence-corrected chi connectivity index (χ3v) is 13.4. The molecule has 0 atom stereocenters. The normalized spacial score (nSPS) is 11.9. The lowest BCUT2D eigenvalue weighted by Gasteiger charge is -2.12. The van der Waals surface area contributed by atoms with E-state index in [0.29, 0.717) is 17.5 Å². The van der Waals surface area contributed by atoms with Gasteiger partial charge in [0.15, 0.2) is 17.5 Å². The first kappa shape index (κ1) is 32.3. The predicted molar refractivity (Wildman–Crippen MR) is 242 cm³/mol. The molecule has 0 aliphatic carbocycles. The Hall–Kier alpha value is -6.99. The maximum atomic E-state index is 5.25. The molecule has 12 rings (SSSR count). The van der Waals surface area contributed by atoms with Gasteiger partial charge >= 0.3 is 0 Å². The van der Waals surface area contributed by atoms with Gasteiger partial charge in [-0.05, 0) is 47.5 Å². The fourth-order valence-corrected chi connectivity index (χ4v) is 10.8. The van der Waals surface area contributed by atoms with E-state index in [4.69, 9.17) is 15.0 Å². The van der Waals surface area contributed by atoms with Crippen LogP contribution in [0.25, 0.3) is 113 Å². The molecule has 266 valence electrons. The molecule has 0 radical (unpaired) electrons. The predicted octanol–water partition coefficient (Wildman–Crippen LogP) is 14.4. The van der Waals surface area contributed by atoms with E-state index in [2.05, 4.69) is 168 Å². The Morgan fingerprint density at radius 2 is 0.947 bits per heavy atom. The molecule has 4 aromatic heterocycles. The lowest BCUT2D eigenvalue weighted by molar-refractivity contribution is 1.07. The number of hydrogen-bond acceptors (Lipinski definition) is 5. The molecule has 0 saturated carbocycles. The molecule has 0 unspecified atom stereocenters. The Labute approximate surface area is 335 Å². The Balaban J connectivity index is 1.07. The van der Waals surface area contributed by atoms with Crippen LogP contribution in [-0.4, -0.2) is 19.5 Å². The fourth-order valence-electron chi connectivity index (χ4n) is 8.44. The Morgan fingerprint density at radius 3 is 1.75 bits per heavy atom. The summed E-state index contributed by atoms with van der Waals surface area (Å²) >= 11 is 3.67. The summed E-state index contributed by atoms with van der Waals surface area (Å²) in [5.41, 5.74) is 8.77. The van der Waals surface area contributed by atoms with Crippen molar-refractivity contribution in [2.75, 3.05) is 0 Å². The summed E-state index contributed by atoms with van der Waals surface area (Å²) in [6.07, 6.45) is 0. The number of para-hydroxylation sites is 1. The summed E-state index contributed by atoms with van der Waals surface area (Å²) < 4.78 is 7.48. The van der Waals surface area contributed by atoms with Crippen LogP contribution in [0, 0.1) is 0 Å². The second kappa shape index (κ2) is 12.8. The van der Waals surface area contributed by atoms with E-state index in [1.807, 2.05) is 40.9 Å². The van der Waals surface area contributed by atoms with Crippen molar-refractivity contribution in [2.24, 2.45) is 0 Å². The Morgan fingerprint density at radius 1 is 0.351 bits per heavy atom. The van der Waals surface area contributed by atoms with Crippen molar-refractivity contribution >= 4 is 84.8 Å². The van der Waals surface area contributed by atoms with Gasteiger partial charge in [-0.1, -0.05) is 146 Å². The minimum Gasteiger partial charge on any atom is -0.309 e. The van der Waals surface area contributed by atoms with Crippen LogP contribution < -0.4 is 0 Å². The van der Waals surface area contributed by atoms with Gasteiger partial charge < -0.3 is 4.57 Å². The maximum Gasteiger partial charge on any atom is 0.164 e. The SMILES string of the molecule is c1ccc(-c2nc(-c3ccc4c(c3)sc3c(-c5ccccc5)cccc34)nc(-c3ccc4c5ccccc5n(-c5cccc6sc7ccccc7c56)c4c3)n2)cc1. The second-order valence-electron chi connectivity index (χ2n) is 14.4. The highest BCUT2D eigenvalue weighted by Gasteiger charge is 2.20. The first-order valence-electron chi connectivity index (χ1n) is 19.0. The van der Waals surface area contributed by atoms with Crippen LogP contribution >= 0.6 is 22.7 Å². The molecule has 0 aliphatic heterocycles. The standard InChI is InChI=1S/C51H30N4S2/c1-3-13-31(14-4-1)35-19-11-20-39-38-28-26-34(30-46(38)57-48(35)39)51-53-49(32-15-5-2-6-16-32)52-50(54-51)33-25-27-37-36-17-7-9-21-41(36)55(43(37)29-33)42-22-12-24-45-47(42)40-18-8-10-23-44(40)56-45/h1-30H. The zero-order valence-electron chi connectivity index (χ0n) is 30.4. The van der Waals surface area contributed by atoms with Gasteiger partial charge in [0.25, 0.3) is 0 Å². The van der Waals surface area contributed by atoms with E-state index in [1.54, 1.807) is 0 Å². The molecule has 0 spiro atoms. The van der Waals surface area contributed by atoms with E-state index in [0.717, 1.165) is 22.2 Å². The van der Waals surface area contributed by atoms with Crippen molar-refractivity contribution in [1.29, 1.82) is 0 Å². The summed E-state index contributed by atoms with van der Waals surface area (Å²) in [5.74, 6) is 1.93. The molecule has 57 heavy (non-hydrogen) atoms. The number of nitrogens with zero attached hydrogens (tertiary/aromatic N) is 4. The number of benzene rings is 8. The van der Waals surface area contributed by atoms with Crippen LogP contribution in [0.2, 0.25) is 0 Å². The zero-order valence-corrected chi connectivity index (χ0v) is 32.1. The number of thiophene rings is 2. The number of hydrogen-bond donors (Lipinski definition) is 0. The lowest BCUT2D eigenvalue weighted by atomic mass is 10.0. The van der Waals surface area contributed by atoms with Crippen molar-refractivity contribution in [1.82, 2.24) is 19.5 Å². The molecule has 4 nitrogen and oxygen atoms in total. The van der Waals surface area contributed by atoms with Gasteiger partial charge in [0.05, 0.1) is 16.7 Å². The average Bonchev–Trinajstić information content (AvgIpc) is 3.96. The average molecular weight is 763 g/mol. The van der Waals surface area contributed by atoms with Crippen molar-refractivity contribution in [3.63, 3.8) is 0 Å². The van der Waals surface area contributed by atoms with Crippen molar-refractivity contribution < 1.29 is 0 Å². The van der Waals surface area contributed by atoms with Crippen LogP contribution in [0.3, 0.4) is 0 Å². The molecular weight excluding hydrogens is 733 g/mol. The van der Waals surface area contributed by atoms with Crippen molar-refractivity contribution in [3.05, 3.63) is 182 Å².